The van der Waals surface area contributed by atoms with E-state index < -0.39 is 5.82 Å². The number of anilines is 1. The van der Waals surface area contributed by atoms with Crippen LogP contribution < -0.4 is 10.5 Å². The van der Waals surface area contributed by atoms with E-state index in [-0.39, 0.29) is 18.1 Å². The number of hydrogen-bond donors (Lipinski definition) is 1. The van der Waals surface area contributed by atoms with E-state index in [4.69, 9.17) is 27.3 Å². The minimum Gasteiger partial charge on any atom is -0.487 e. The van der Waals surface area contributed by atoms with Crippen molar-refractivity contribution in [3.8, 4) is 11.8 Å². The van der Waals surface area contributed by atoms with Gasteiger partial charge in [0.15, 0.2) is 0 Å². The van der Waals surface area contributed by atoms with E-state index in [9.17, 15) is 4.39 Å². The van der Waals surface area contributed by atoms with Crippen molar-refractivity contribution in [1.29, 1.82) is 5.26 Å². The Bertz CT molecular complexity index is 1250. The zero-order valence-corrected chi connectivity index (χ0v) is 16.6. The van der Waals surface area contributed by atoms with E-state index in [0.29, 0.717) is 23.0 Å². The minimum atomic E-state index is -0.527. The Labute approximate surface area is 177 Å². The molecule has 0 saturated carbocycles. The largest absolute Gasteiger partial charge is 0.487 e. The molecule has 0 amide bonds. The van der Waals surface area contributed by atoms with Crippen molar-refractivity contribution in [3.63, 3.8) is 0 Å². The molecule has 4 aromatic rings. The summed E-state index contributed by atoms with van der Waals surface area (Å²) in [6.45, 7) is 0.810. The van der Waals surface area contributed by atoms with Gasteiger partial charge in [-0.15, -0.1) is 0 Å². The third-order valence-corrected chi connectivity index (χ3v) is 4.97. The number of nitriles is 1. The maximum absolute atomic E-state index is 13.7. The molecule has 0 radical (unpaired) electrons. The molecule has 0 aliphatic rings. The van der Waals surface area contributed by atoms with Crippen molar-refractivity contribution in [1.82, 2.24) is 14.5 Å². The summed E-state index contributed by atoms with van der Waals surface area (Å²) in [6, 6.07) is 15.8. The van der Waals surface area contributed by atoms with Gasteiger partial charge in [0.2, 0.25) is 5.82 Å². The smallest absolute Gasteiger partial charge is 0.234 e. The quantitative estimate of drug-likeness (QED) is 0.463. The SMILES string of the molecule is N#Cc1ncc2cc(COc3ccc(N)c(F)c3)n(CCc3ccc(Cl)cc3)c2n1. The van der Waals surface area contributed by atoms with Crippen molar-refractivity contribution >= 4 is 28.3 Å². The lowest BCUT2D eigenvalue weighted by molar-refractivity contribution is 0.294. The van der Waals surface area contributed by atoms with Crippen LogP contribution in [0.5, 0.6) is 5.75 Å². The fourth-order valence-corrected chi connectivity index (χ4v) is 3.29. The van der Waals surface area contributed by atoms with E-state index in [2.05, 4.69) is 9.97 Å². The summed E-state index contributed by atoms with van der Waals surface area (Å²) in [4.78, 5) is 8.40. The van der Waals surface area contributed by atoms with Gasteiger partial charge < -0.3 is 15.0 Å². The highest BCUT2D eigenvalue weighted by Gasteiger charge is 2.13. The van der Waals surface area contributed by atoms with Crippen LogP contribution in [0.3, 0.4) is 0 Å². The second-order valence-electron chi connectivity index (χ2n) is 6.72. The van der Waals surface area contributed by atoms with Crippen molar-refractivity contribution < 1.29 is 9.13 Å². The van der Waals surface area contributed by atoms with Gasteiger partial charge in [0.25, 0.3) is 0 Å². The predicted octanol–water partition coefficient (Wildman–Crippen LogP) is 4.50. The van der Waals surface area contributed by atoms with E-state index in [1.165, 1.54) is 12.1 Å². The van der Waals surface area contributed by atoms with Crippen LogP contribution in [0.25, 0.3) is 11.0 Å². The van der Waals surface area contributed by atoms with Crippen LogP contribution >= 0.6 is 11.6 Å². The minimum absolute atomic E-state index is 0.0683. The van der Waals surface area contributed by atoms with Crippen molar-refractivity contribution in [2.45, 2.75) is 19.6 Å². The molecule has 0 aliphatic heterocycles. The molecule has 30 heavy (non-hydrogen) atoms. The molecular formula is C22H17ClFN5O. The topological polar surface area (TPSA) is 89.7 Å². The number of halogens is 2. The number of hydrogen-bond acceptors (Lipinski definition) is 5. The van der Waals surface area contributed by atoms with Crippen LogP contribution in [0.15, 0.2) is 54.7 Å². The highest BCUT2D eigenvalue weighted by molar-refractivity contribution is 6.30. The molecule has 150 valence electrons. The molecule has 4 rings (SSSR count). The van der Waals surface area contributed by atoms with Gasteiger partial charge in [-0.2, -0.15) is 5.26 Å². The lowest BCUT2D eigenvalue weighted by Crippen LogP contribution is -2.09. The van der Waals surface area contributed by atoms with Crippen LogP contribution in [0.4, 0.5) is 10.1 Å². The number of nitrogen functional groups attached to an aromatic ring is 1. The number of nitrogens with two attached hydrogens (primary N) is 1. The van der Waals surface area contributed by atoms with Gasteiger partial charge in [-0.3, -0.25) is 0 Å². The number of aromatic nitrogens is 3. The Morgan fingerprint density at radius 3 is 2.70 bits per heavy atom. The Morgan fingerprint density at radius 2 is 1.97 bits per heavy atom. The van der Waals surface area contributed by atoms with Gasteiger partial charge in [0.05, 0.1) is 11.4 Å². The van der Waals surface area contributed by atoms with Gasteiger partial charge in [-0.25, -0.2) is 14.4 Å². The maximum atomic E-state index is 13.7. The Balaban J connectivity index is 1.63. The fourth-order valence-electron chi connectivity index (χ4n) is 3.16. The molecule has 2 heterocycles. The zero-order valence-electron chi connectivity index (χ0n) is 15.8. The van der Waals surface area contributed by atoms with Crippen molar-refractivity contribution in [2.24, 2.45) is 0 Å². The summed E-state index contributed by atoms with van der Waals surface area (Å²) in [5, 5.41) is 10.6. The average molecular weight is 422 g/mol. The first kappa shape index (κ1) is 19.7. The third kappa shape index (κ3) is 4.19. The molecule has 0 fully saturated rings. The standard InChI is InChI=1S/C22H17ClFN5O/c23-16-3-1-14(2-4-16)7-8-29-17(9-15-12-27-21(11-25)28-22(15)29)13-30-18-5-6-20(26)19(24)10-18/h1-6,9-10,12H,7-8,13,26H2. The summed E-state index contributed by atoms with van der Waals surface area (Å²) < 4.78 is 21.5. The van der Waals surface area contributed by atoms with Crippen LogP contribution in [0.2, 0.25) is 5.02 Å². The second-order valence-corrected chi connectivity index (χ2v) is 7.16. The monoisotopic (exact) mass is 421 g/mol. The van der Waals surface area contributed by atoms with Gasteiger partial charge >= 0.3 is 0 Å². The molecule has 2 aromatic carbocycles. The second kappa shape index (κ2) is 8.39. The highest BCUT2D eigenvalue weighted by Crippen LogP contribution is 2.23. The van der Waals surface area contributed by atoms with E-state index in [1.807, 2.05) is 41.0 Å². The van der Waals surface area contributed by atoms with E-state index in [1.54, 1.807) is 12.3 Å². The third-order valence-electron chi connectivity index (χ3n) is 4.72. The first-order chi connectivity index (χ1) is 14.5. The summed E-state index contributed by atoms with van der Waals surface area (Å²) in [6.07, 6.45) is 2.35. The molecule has 0 saturated heterocycles. The highest BCUT2D eigenvalue weighted by atomic mass is 35.5. The summed E-state index contributed by atoms with van der Waals surface area (Å²) in [7, 11) is 0. The number of benzene rings is 2. The van der Waals surface area contributed by atoms with Crippen molar-refractivity contribution in [3.05, 3.63) is 82.6 Å². The van der Waals surface area contributed by atoms with Crippen LogP contribution in [-0.2, 0) is 19.6 Å². The number of aryl methyl sites for hydroxylation is 2. The van der Waals surface area contributed by atoms with Gasteiger partial charge in [0.1, 0.15) is 29.9 Å². The Hall–Kier alpha value is -3.63. The number of fused-ring (bicyclic) bond motifs is 1. The lowest BCUT2D eigenvalue weighted by atomic mass is 10.1. The molecular weight excluding hydrogens is 405 g/mol. The Morgan fingerprint density at radius 1 is 1.17 bits per heavy atom. The fraction of sp³-hybridized carbons (Fsp3) is 0.136. The Kier molecular flexibility index (Phi) is 5.50. The van der Waals surface area contributed by atoms with Gasteiger partial charge in [-0.05, 0) is 42.3 Å². The number of nitrogens with zero attached hydrogens (tertiary/aromatic N) is 4. The molecule has 8 heteroatoms. The predicted molar refractivity (Wildman–Crippen MR) is 113 cm³/mol. The number of ether oxygens (including phenoxy) is 1. The summed E-state index contributed by atoms with van der Waals surface area (Å²) >= 11 is 5.96. The number of rotatable bonds is 6. The van der Waals surface area contributed by atoms with Crippen LogP contribution in [0.1, 0.15) is 17.1 Å². The molecule has 0 unspecified atom stereocenters. The van der Waals surface area contributed by atoms with E-state index >= 15 is 0 Å². The maximum Gasteiger partial charge on any atom is 0.234 e. The average Bonchev–Trinajstić information content (AvgIpc) is 3.10. The summed E-state index contributed by atoms with van der Waals surface area (Å²) in [5.74, 6) is -0.0540. The molecule has 0 atom stereocenters. The van der Waals surface area contributed by atoms with Gasteiger partial charge in [-0.1, -0.05) is 23.7 Å². The molecule has 0 bridgehead atoms. The van der Waals surface area contributed by atoms with Crippen LogP contribution in [-0.4, -0.2) is 14.5 Å². The van der Waals surface area contributed by atoms with Gasteiger partial charge in [0, 0.05) is 29.2 Å². The lowest BCUT2D eigenvalue weighted by Gasteiger charge is -2.12. The van der Waals surface area contributed by atoms with E-state index in [0.717, 1.165) is 23.1 Å². The zero-order chi connectivity index (χ0) is 21.1. The normalized spacial score (nSPS) is 10.8. The molecule has 2 aromatic heterocycles. The molecule has 0 aliphatic carbocycles. The van der Waals surface area contributed by atoms with Crippen molar-refractivity contribution in [2.75, 3.05) is 5.73 Å². The molecule has 2 N–H and O–H groups in total. The molecule has 0 spiro atoms. The molecule has 6 nitrogen and oxygen atoms in total. The first-order valence-electron chi connectivity index (χ1n) is 9.21. The van der Waals surface area contributed by atoms with Crippen LogP contribution in [0, 0.1) is 17.1 Å². The summed E-state index contributed by atoms with van der Waals surface area (Å²) in [5.41, 5.74) is 8.18. The first-order valence-corrected chi connectivity index (χ1v) is 9.59.